The van der Waals surface area contributed by atoms with Gasteiger partial charge in [-0.2, -0.15) is 0 Å². The van der Waals surface area contributed by atoms with Gasteiger partial charge in [0.25, 0.3) is 0 Å². The Balaban J connectivity index is 1.68. The van der Waals surface area contributed by atoms with E-state index in [0.717, 1.165) is 42.3 Å². The van der Waals surface area contributed by atoms with E-state index >= 15 is 0 Å². The summed E-state index contributed by atoms with van der Waals surface area (Å²) in [7, 11) is 0. The number of carbonyl (C=O) groups excluding carboxylic acids is 2. The molecule has 6 heteroatoms. The first-order chi connectivity index (χ1) is 15.1. The van der Waals surface area contributed by atoms with Gasteiger partial charge >= 0.3 is 0 Å². The highest BCUT2D eigenvalue weighted by Gasteiger charge is 2.04. The molecule has 0 radical (unpaired) electrons. The number of amides is 2. The Labute approximate surface area is 185 Å². The smallest absolute Gasteiger partial charge is 0.243 e. The Morgan fingerprint density at radius 1 is 0.710 bits per heavy atom. The van der Waals surface area contributed by atoms with Crippen LogP contribution in [0.1, 0.15) is 58.8 Å². The first kappa shape index (κ1) is 24.3. The number of hydrogen-bond donors (Lipinski definition) is 3. The molecule has 0 aliphatic carbocycles. The van der Waals surface area contributed by atoms with E-state index in [4.69, 9.17) is 4.74 Å². The zero-order valence-electron chi connectivity index (χ0n) is 18.7. The number of nitrogens with one attached hydrogen (secondary N) is 3. The van der Waals surface area contributed by atoms with Crippen molar-refractivity contribution >= 4 is 28.9 Å². The highest BCUT2D eigenvalue weighted by atomic mass is 16.5. The summed E-state index contributed by atoms with van der Waals surface area (Å²) in [6, 6.07) is 14.7. The average Bonchev–Trinajstić information content (AvgIpc) is 2.77. The fourth-order valence-electron chi connectivity index (χ4n) is 3.04. The Morgan fingerprint density at radius 3 is 1.94 bits per heavy atom. The molecule has 0 aliphatic heterocycles. The van der Waals surface area contributed by atoms with E-state index in [1.807, 2.05) is 55.5 Å². The minimum atomic E-state index is -0.134. The lowest BCUT2D eigenvalue weighted by atomic mass is 10.2. The lowest BCUT2D eigenvalue weighted by Crippen LogP contribution is -2.21. The standard InChI is InChI=1S/C25H35N3O3/c1-3-5-6-7-8-18-31-23-16-14-22(15-17-23)28-25(30)19-26-20-10-12-21(13-11-20)27-24(29)9-4-2/h10-17,26H,3-9,18-19H2,1-2H3,(H,27,29)(H,28,30). The maximum Gasteiger partial charge on any atom is 0.243 e. The summed E-state index contributed by atoms with van der Waals surface area (Å²) >= 11 is 0. The van der Waals surface area contributed by atoms with Gasteiger partial charge in [-0.25, -0.2) is 0 Å². The Bertz CT molecular complexity index is 789. The van der Waals surface area contributed by atoms with E-state index in [2.05, 4.69) is 22.9 Å². The largest absolute Gasteiger partial charge is 0.494 e. The number of anilines is 3. The molecule has 2 amide bonds. The third-order valence-corrected chi connectivity index (χ3v) is 4.75. The molecule has 31 heavy (non-hydrogen) atoms. The number of carbonyl (C=O) groups is 2. The van der Waals surface area contributed by atoms with Crippen LogP contribution in [-0.2, 0) is 9.59 Å². The van der Waals surface area contributed by atoms with Gasteiger partial charge in [-0.15, -0.1) is 0 Å². The SMILES string of the molecule is CCCCCCCOc1ccc(NC(=O)CNc2ccc(NC(=O)CCC)cc2)cc1. The molecule has 0 fully saturated rings. The lowest BCUT2D eigenvalue weighted by Gasteiger charge is -2.10. The number of unbranched alkanes of at least 4 members (excludes halogenated alkanes) is 4. The maximum atomic E-state index is 12.2. The van der Waals surface area contributed by atoms with Crippen molar-refractivity contribution in [1.29, 1.82) is 0 Å². The Kier molecular flexibility index (Phi) is 11.0. The molecule has 0 aliphatic rings. The molecule has 0 saturated carbocycles. The van der Waals surface area contributed by atoms with Gasteiger partial charge in [0.15, 0.2) is 0 Å². The fraction of sp³-hybridized carbons (Fsp3) is 0.440. The number of rotatable bonds is 14. The van der Waals surface area contributed by atoms with E-state index < -0.39 is 0 Å². The van der Waals surface area contributed by atoms with Gasteiger partial charge in [0.1, 0.15) is 5.75 Å². The van der Waals surface area contributed by atoms with Crippen LogP contribution in [0.15, 0.2) is 48.5 Å². The normalized spacial score (nSPS) is 10.4. The Morgan fingerprint density at radius 2 is 1.29 bits per heavy atom. The summed E-state index contributed by atoms with van der Waals surface area (Å²) in [6.45, 7) is 5.05. The minimum Gasteiger partial charge on any atom is -0.494 e. The zero-order chi connectivity index (χ0) is 22.3. The molecular formula is C25H35N3O3. The summed E-state index contributed by atoms with van der Waals surface area (Å²) < 4.78 is 5.75. The van der Waals surface area contributed by atoms with Crippen LogP contribution >= 0.6 is 0 Å². The van der Waals surface area contributed by atoms with Crippen molar-refractivity contribution in [1.82, 2.24) is 0 Å². The molecule has 2 aromatic rings. The van der Waals surface area contributed by atoms with Crippen LogP contribution in [0.5, 0.6) is 5.75 Å². The van der Waals surface area contributed by atoms with Crippen LogP contribution in [0.3, 0.4) is 0 Å². The van der Waals surface area contributed by atoms with Crippen molar-refractivity contribution in [2.75, 3.05) is 29.1 Å². The highest BCUT2D eigenvalue weighted by Crippen LogP contribution is 2.17. The van der Waals surface area contributed by atoms with Crippen molar-refractivity contribution in [3.63, 3.8) is 0 Å². The van der Waals surface area contributed by atoms with Crippen molar-refractivity contribution in [3.05, 3.63) is 48.5 Å². The van der Waals surface area contributed by atoms with Crippen LogP contribution in [0.25, 0.3) is 0 Å². The Hall–Kier alpha value is -3.02. The molecule has 0 aromatic heterocycles. The zero-order valence-corrected chi connectivity index (χ0v) is 18.7. The number of hydrogen-bond acceptors (Lipinski definition) is 4. The monoisotopic (exact) mass is 425 g/mol. The van der Waals surface area contributed by atoms with Crippen molar-refractivity contribution in [3.8, 4) is 5.75 Å². The van der Waals surface area contributed by atoms with Crippen LogP contribution in [-0.4, -0.2) is 25.0 Å². The topological polar surface area (TPSA) is 79.5 Å². The molecule has 0 atom stereocenters. The number of benzene rings is 2. The second-order valence-corrected chi connectivity index (χ2v) is 7.56. The van der Waals surface area contributed by atoms with Gasteiger partial charge in [-0.05, 0) is 61.4 Å². The molecule has 2 rings (SSSR count). The molecular weight excluding hydrogens is 390 g/mol. The quantitative estimate of drug-likeness (QED) is 0.333. The van der Waals surface area contributed by atoms with Crippen LogP contribution in [0.2, 0.25) is 0 Å². The lowest BCUT2D eigenvalue weighted by molar-refractivity contribution is -0.116. The number of ether oxygens (including phenoxy) is 1. The molecule has 2 aromatic carbocycles. The first-order valence-electron chi connectivity index (χ1n) is 11.3. The summed E-state index contributed by atoms with van der Waals surface area (Å²) in [5.74, 6) is 0.689. The highest BCUT2D eigenvalue weighted by molar-refractivity contribution is 5.94. The second kappa shape index (κ2) is 14.1. The average molecular weight is 426 g/mol. The van der Waals surface area contributed by atoms with Gasteiger partial charge < -0.3 is 20.7 Å². The van der Waals surface area contributed by atoms with Gasteiger partial charge in [0.05, 0.1) is 13.2 Å². The second-order valence-electron chi connectivity index (χ2n) is 7.56. The first-order valence-corrected chi connectivity index (χ1v) is 11.3. The van der Waals surface area contributed by atoms with Crippen LogP contribution < -0.4 is 20.7 Å². The van der Waals surface area contributed by atoms with E-state index in [1.165, 1.54) is 25.7 Å². The minimum absolute atomic E-state index is 0.00554. The van der Waals surface area contributed by atoms with E-state index in [-0.39, 0.29) is 18.4 Å². The van der Waals surface area contributed by atoms with E-state index in [0.29, 0.717) is 6.42 Å². The van der Waals surface area contributed by atoms with Gasteiger partial charge in [0, 0.05) is 23.5 Å². The molecule has 0 spiro atoms. The predicted molar refractivity (Wildman–Crippen MR) is 128 cm³/mol. The molecule has 0 unspecified atom stereocenters. The summed E-state index contributed by atoms with van der Waals surface area (Å²) in [5, 5.41) is 8.79. The molecule has 168 valence electrons. The third kappa shape index (κ3) is 10.0. The predicted octanol–water partition coefficient (Wildman–Crippen LogP) is 5.83. The van der Waals surface area contributed by atoms with Gasteiger partial charge in [-0.1, -0.05) is 39.5 Å². The van der Waals surface area contributed by atoms with Crippen molar-refractivity contribution in [2.45, 2.75) is 58.8 Å². The van der Waals surface area contributed by atoms with Crippen molar-refractivity contribution < 1.29 is 14.3 Å². The van der Waals surface area contributed by atoms with Crippen molar-refractivity contribution in [2.24, 2.45) is 0 Å². The van der Waals surface area contributed by atoms with Crippen LogP contribution in [0, 0.1) is 0 Å². The summed E-state index contributed by atoms with van der Waals surface area (Å²) in [6.07, 6.45) is 7.38. The molecule has 6 nitrogen and oxygen atoms in total. The molecule has 0 bridgehead atoms. The van der Waals surface area contributed by atoms with Gasteiger partial charge in [-0.3, -0.25) is 9.59 Å². The van der Waals surface area contributed by atoms with Crippen LogP contribution in [0.4, 0.5) is 17.1 Å². The van der Waals surface area contributed by atoms with E-state index in [9.17, 15) is 9.59 Å². The molecule has 0 saturated heterocycles. The fourth-order valence-corrected chi connectivity index (χ4v) is 3.04. The van der Waals surface area contributed by atoms with Gasteiger partial charge in [0.2, 0.25) is 11.8 Å². The molecule has 0 heterocycles. The third-order valence-electron chi connectivity index (χ3n) is 4.75. The summed E-state index contributed by atoms with van der Waals surface area (Å²) in [4.78, 5) is 23.8. The summed E-state index contributed by atoms with van der Waals surface area (Å²) in [5.41, 5.74) is 2.29. The molecule has 3 N–H and O–H groups in total. The maximum absolute atomic E-state index is 12.2. The van der Waals surface area contributed by atoms with E-state index in [1.54, 1.807) is 0 Å².